The van der Waals surface area contributed by atoms with Crippen molar-refractivity contribution in [3.63, 3.8) is 0 Å². The van der Waals surface area contributed by atoms with Crippen LogP contribution in [0.25, 0.3) is 0 Å². The predicted molar refractivity (Wildman–Crippen MR) is 64.3 cm³/mol. The number of rotatable bonds is 5. The smallest absolute Gasteiger partial charge is 0.159 e. The summed E-state index contributed by atoms with van der Waals surface area (Å²) in [5.74, 6) is 0.0433. The first-order valence-corrected chi connectivity index (χ1v) is 5.29. The lowest BCUT2D eigenvalue weighted by Gasteiger charge is -2.09. The van der Waals surface area contributed by atoms with E-state index in [1.807, 2.05) is 6.07 Å². The Kier molecular flexibility index (Phi) is 4.16. The number of ketones is 1. The fraction of sp³-hybridized carbons (Fsp3) is 0.417. The first kappa shape index (κ1) is 11.6. The van der Waals surface area contributed by atoms with Crippen molar-refractivity contribution in [2.24, 2.45) is 0 Å². The monoisotopic (exact) mass is 206 g/mol. The molecule has 15 heavy (non-hydrogen) atoms. The Bertz CT molecular complexity index is 347. The van der Waals surface area contributed by atoms with Crippen molar-refractivity contribution >= 4 is 17.2 Å². The molecule has 1 aromatic rings. The molecule has 0 aliphatic rings. The topological polar surface area (TPSA) is 55.1 Å². The Morgan fingerprint density at radius 3 is 2.73 bits per heavy atom. The van der Waals surface area contributed by atoms with Crippen LogP contribution in [0.2, 0.25) is 0 Å². The van der Waals surface area contributed by atoms with E-state index in [2.05, 4.69) is 12.2 Å². The Balaban J connectivity index is 2.70. The Morgan fingerprint density at radius 2 is 2.20 bits per heavy atom. The van der Waals surface area contributed by atoms with Gasteiger partial charge in [-0.15, -0.1) is 0 Å². The maximum absolute atomic E-state index is 11.1. The summed E-state index contributed by atoms with van der Waals surface area (Å²) in [5, 5.41) is 3.24. The van der Waals surface area contributed by atoms with E-state index in [9.17, 15) is 4.79 Å². The van der Waals surface area contributed by atoms with E-state index >= 15 is 0 Å². The first-order valence-electron chi connectivity index (χ1n) is 5.29. The van der Waals surface area contributed by atoms with E-state index in [0.29, 0.717) is 11.3 Å². The number of benzene rings is 1. The van der Waals surface area contributed by atoms with E-state index in [1.54, 1.807) is 19.1 Å². The van der Waals surface area contributed by atoms with Crippen LogP contribution in [0.15, 0.2) is 18.2 Å². The van der Waals surface area contributed by atoms with E-state index in [-0.39, 0.29) is 5.78 Å². The molecule has 0 aliphatic heterocycles. The summed E-state index contributed by atoms with van der Waals surface area (Å²) in [6.45, 7) is 4.60. The molecule has 3 heteroatoms. The number of nitrogen functional groups attached to an aromatic ring is 1. The largest absolute Gasteiger partial charge is 0.397 e. The highest BCUT2D eigenvalue weighted by Crippen LogP contribution is 2.20. The van der Waals surface area contributed by atoms with Gasteiger partial charge >= 0.3 is 0 Å². The molecule has 0 heterocycles. The van der Waals surface area contributed by atoms with E-state index in [4.69, 9.17) is 5.73 Å². The van der Waals surface area contributed by atoms with Gasteiger partial charge in [0.05, 0.1) is 11.4 Å². The van der Waals surface area contributed by atoms with Crippen molar-refractivity contribution in [1.82, 2.24) is 0 Å². The van der Waals surface area contributed by atoms with Crippen LogP contribution in [-0.2, 0) is 0 Å². The molecule has 0 bridgehead atoms. The fourth-order valence-corrected chi connectivity index (χ4v) is 1.34. The summed E-state index contributed by atoms with van der Waals surface area (Å²) in [6.07, 6.45) is 2.27. The highest BCUT2D eigenvalue weighted by Gasteiger charge is 2.03. The molecule has 0 atom stereocenters. The highest BCUT2D eigenvalue weighted by atomic mass is 16.1. The lowest BCUT2D eigenvalue weighted by Crippen LogP contribution is -2.05. The number of nitrogens with two attached hydrogens (primary N) is 1. The van der Waals surface area contributed by atoms with Gasteiger partial charge in [0.2, 0.25) is 0 Å². The van der Waals surface area contributed by atoms with Crippen LogP contribution in [0.4, 0.5) is 11.4 Å². The van der Waals surface area contributed by atoms with E-state index in [1.165, 1.54) is 0 Å². The van der Waals surface area contributed by atoms with Crippen LogP contribution in [-0.4, -0.2) is 12.3 Å². The van der Waals surface area contributed by atoms with Gasteiger partial charge in [0.1, 0.15) is 0 Å². The van der Waals surface area contributed by atoms with Gasteiger partial charge in [0.25, 0.3) is 0 Å². The summed E-state index contributed by atoms with van der Waals surface area (Å²) < 4.78 is 0. The molecule has 0 spiro atoms. The normalized spacial score (nSPS) is 10.0. The van der Waals surface area contributed by atoms with Crippen LogP contribution in [0.5, 0.6) is 0 Å². The van der Waals surface area contributed by atoms with Crippen LogP contribution in [0, 0.1) is 0 Å². The molecule has 0 saturated carbocycles. The van der Waals surface area contributed by atoms with Crippen molar-refractivity contribution in [3.8, 4) is 0 Å². The molecule has 0 aliphatic carbocycles. The maximum atomic E-state index is 11.1. The molecule has 0 fully saturated rings. The third-order valence-corrected chi connectivity index (χ3v) is 2.30. The van der Waals surface area contributed by atoms with Gasteiger partial charge in [-0.2, -0.15) is 0 Å². The number of nitrogens with one attached hydrogen (secondary N) is 1. The summed E-state index contributed by atoms with van der Waals surface area (Å²) in [4.78, 5) is 11.1. The summed E-state index contributed by atoms with van der Waals surface area (Å²) in [6, 6.07) is 5.38. The Morgan fingerprint density at radius 1 is 1.47 bits per heavy atom. The summed E-state index contributed by atoms with van der Waals surface area (Å²) in [5.41, 5.74) is 8.04. The van der Waals surface area contributed by atoms with Crippen LogP contribution in [0.1, 0.15) is 37.0 Å². The average molecular weight is 206 g/mol. The minimum absolute atomic E-state index is 0.0433. The summed E-state index contributed by atoms with van der Waals surface area (Å²) >= 11 is 0. The quantitative estimate of drug-likeness (QED) is 0.442. The minimum atomic E-state index is 0.0433. The van der Waals surface area contributed by atoms with Crippen molar-refractivity contribution in [1.29, 1.82) is 0 Å². The Labute approximate surface area is 90.7 Å². The molecule has 3 N–H and O–H groups in total. The molecule has 82 valence electrons. The highest BCUT2D eigenvalue weighted by molar-refractivity contribution is 5.95. The van der Waals surface area contributed by atoms with E-state index < -0.39 is 0 Å². The molecule has 0 saturated heterocycles. The molecule has 1 aromatic carbocycles. The molecule has 0 radical (unpaired) electrons. The second kappa shape index (κ2) is 5.39. The zero-order valence-corrected chi connectivity index (χ0v) is 9.34. The van der Waals surface area contributed by atoms with Crippen LogP contribution < -0.4 is 11.1 Å². The molecule has 0 aromatic heterocycles. The van der Waals surface area contributed by atoms with Gasteiger partial charge in [-0.05, 0) is 31.5 Å². The summed E-state index contributed by atoms with van der Waals surface area (Å²) in [7, 11) is 0. The molecule has 1 rings (SSSR count). The second-order valence-electron chi connectivity index (χ2n) is 3.64. The Hall–Kier alpha value is -1.51. The zero-order valence-electron chi connectivity index (χ0n) is 9.34. The van der Waals surface area contributed by atoms with Gasteiger partial charge < -0.3 is 11.1 Å². The number of unbranched alkanes of at least 4 members (excludes halogenated alkanes) is 1. The lowest BCUT2D eigenvalue weighted by atomic mass is 10.1. The standard InChI is InChI=1S/C12H18N2O/c1-3-4-7-14-12-6-5-10(9(2)15)8-11(12)13/h5-6,8,14H,3-4,7,13H2,1-2H3. The zero-order chi connectivity index (χ0) is 11.3. The van der Waals surface area contributed by atoms with E-state index in [0.717, 1.165) is 25.1 Å². The molecular weight excluding hydrogens is 188 g/mol. The van der Waals surface area contributed by atoms with Gasteiger partial charge in [-0.3, -0.25) is 4.79 Å². The van der Waals surface area contributed by atoms with Crippen molar-refractivity contribution in [3.05, 3.63) is 23.8 Å². The molecule has 3 nitrogen and oxygen atoms in total. The minimum Gasteiger partial charge on any atom is -0.397 e. The molecule has 0 unspecified atom stereocenters. The number of hydrogen-bond acceptors (Lipinski definition) is 3. The third-order valence-electron chi connectivity index (χ3n) is 2.30. The lowest BCUT2D eigenvalue weighted by molar-refractivity contribution is 0.101. The van der Waals surface area contributed by atoms with Crippen molar-refractivity contribution in [2.45, 2.75) is 26.7 Å². The van der Waals surface area contributed by atoms with Gasteiger partial charge in [0, 0.05) is 12.1 Å². The first-order chi connectivity index (χ1) is 7.15. The van der Waals surface area contributed by atoms with Gasteiger partial charge in [-0.1, -0.05) is 13.3 Å². The molecular formula is C12H18N2O. The third kappa shape index (κ3) is 3.27. The van der Waals surface area contributed by atoms with Crippen molar-refractivity contribution in [2.75, 3.05) is 17.6 Å². The number of carbonyl (C=O) groups excluding carboxylic acids is 1. The van der Waals surface area contributed by atoms with Crippen molar-refractivity contribution < 1.29 is 4.79 Å². The van der Waals surface area contributed by atoms with Crippen LogP contribution in [0.3, 0.4) is 0 Å². The number of anilines is 2. The maximum Gasteiger partial charge on any atom is 0.159 e. The average Bonchev–Trinajstić information content (AvgIpc) is 2.20. The molecule has 0 amide bonds. The van der Waals surface area contributed by atoms with Gasteiger partial charge in [0.15, 0.2) is 5.78 Å². The second-order valence-corrected chi connectivity index (χ2v) is 3.64. The SMILES string of the molecule is CCCCNc1ccc(C(C)=O)cc1N. The van der Waals surface area contributed by atoms with Crippen LogP contribution >= 0.6 is 0 Å². The fourth-order valence-electron chi connectivity index (χ4n) is 1.34. The predicted octanol–water partition coefficient (Wildman–Crippen LogP) is 2.68. The number of hydrogen-bond donors (Lipinski definition) is 2. The number of Topliss-reactive ketones (excluding diaryl/α,β-unsaturated/α-hetero) is 1. The van der Waals surface area contributed by atoms with Gasteiger partial charge in [-0.25, -0.2) is 0 Å². The number of carbonyl (C=O) groups is 1.